The van der Waals surface area contributed by atoms with Gasteiger partial charge in [0.15, 0.2) is 0 Å². The minimum atomic E-state index is -2.33. The summed E-state index contributed by atoms with van der Waals surface area (Å²) >= 11 is 0. The van der Waals surface area contributed by atoms with E-state index in [0.29, 0.717) is 0 Å². The minimum Gasteiger partial charge on any atom is -0.469 e. The molecule has 0 aromatic carbocycles. The van der Waals surface area contributed by atoms with E-state index >= 15 is 0 Å². The molecule has 4 rings (SSSR count). The number of carbonyl (C=O) groups is 5. The van der Waals surface area contributed by atoms with Gasteiger partial charge in [-0.05, 0) is 45.6 Å². The summed E-state index contributed by atoms with van der Waals surface area (Å²) < 4.78 is 27.1. The molecule has 4 fully saturated rings. The van der Waals surface area contributed by atoms with Gasteiger partial charge in [-0.25, -0.2) is 14.4 Å². The molecule has 10 atom stereocenters. The van der Waals surface area contributed by atoms with Crippen molar-refractivity contribution >= 4 is 29.7 Å². The molecular formula is C27H36O13. The maximum atomic E-state index is 13.4. The zero-order valence-electron chi connectivity index (χ0n) is 23.2. The molecule has 13 heteroatoms. The Bertz CT molecular complexity index is 1140. The highest BCUT2D eigenvalue weighted by Crippen LogP contribution is 2.68. The van der Waals surface area contributed by atoms with Crippen molar-refractivity contribution in [1.29, 1.82) is 0 Å². The van der Waals surface area contributed by atoms with Gasteiger partial charge in [0, 0.05) is 29.7 Å². The predicted octanol–water partition coefficient (Wildman–Crippen LogP) is -0.775. The first-order chi connectivity index (χ1) is 18.6. The van der Waals surface area contributed by atoms with Crippen molar-refractivity contribution in [3.63, 3.8) is 0 Å². The molecular weight excluding hydrogens is 532 g/mol. The molecule has 1 spiro atoms. The number of ether oxygens (including phenoxy) is 5. The third-order valence-corrected chi connectivity index (χ3v) is 9.39. The number of Topliss-reactive ketones (excluding diaryl/α,β-unsaturated/α-hetero) is 1. The molecule has 2 aliphatic carbocycles. The van der Waals surface area contributed by atoms with Crippen LogP contribution in [0.25, 0.3) is 0 Å². The number of rotatable bonds is 7. The molecule has 4 aliphatic rings. The third-order valence-electron chi connectivity index (χ3n) is 9.39. The fourth-order valence-corrected chi connectivity index (χ4v) is 7.31. The summed E-state index contributed by atoms with van der Waals surface area (Å²) in [5.74, 6) is -8.44. The van der Waals surface area contributed by atoms with Crippen molar-refractivity contribution < 1.29 is 63.0 Å². The summed E-state index contributed by atoms with van der Waals surface area (Å²) in [5, 5.41) is 33.2. The number of hydrogen-bond donors (Lipinski definition) is 3. The predicted molar refractivity (Wildman–Crippen MR) is 131 cm³/mol. The van der Waals surface area contributed by atoms with E-state index in [1.807, 2.05) is 0 Å². The zero-order valence-corrected chi connectivity index (χ0v) is 23.2. The fourth-order valence-electron chi connectivity index (χ4n) is 7.31. The highest BCUT2D eigenvalue weighted by atomic mass is 16.6. The first kappa shape index (κ1) is 30.1. The van der Waals surface area contributed by atoms with Crippen molar-refractivity contribution in [2.75, 3.05) is 20.8 Å². The number of esters is 4. The number of aliphatic hydroxyl groups excluding tert-OH is 2. The lowest BCUT2D eigenvalue weighted by molar-refractivity contribution is -0.277. The number of methoxy groups -OCH3 is 2. The van der Waals surface area contributed by atoms with Gasteiger partial charge in [0.2, 0.25) is 11.7 Å². The molecule has 2 aliphatic heterocycles. The Morgan fingerprint density at radius 1 is 1.12 bits per heavy atom. The van der Waals surface area contributed by atoms with E-state index in [9.17, 15) is 39.3 Å². The fraction of sp³-hybridized carbons (Fsp3) is 0.741. The molecule has 0 radical (unpaired) electrons. The Hall–Kier alpha value is -2.87. The Morgan fingerprint density at radius 2 is 1.77 bits per heavy atom. The van der Waals surface area contributed by atoms with E-state index < -0.39 is 88.6 Å². The first-order valence-electron chi connectivity index (χ1n) is 13.1. The topological polar surface area (TPSA) is 192 Å². The second kappa shape index (κ2) is 10.2. The molecule has 40 heavy (non-hydrogen) atoms. The van der Waals surface area contributed by atoms with Crippen LogP contribution in [0.2, 0.25) is 0 Å². The van der Waals surface area contributed by atoms with Crippen LogP contribution >= 0.6 is 0 Å². The summed E-state index contributed by atoms with van der Waals surface area (Å²) in [4.78, 5) is 64.9. The number of carbonyl (C=O) groups excluding carboxylic acids is 5. The maximum Gasteiger partial charge on any atom is 0.348 e. The van der Waals surface area contributed by atoms with Crippen molar-refractivity contribution in [1.82, 2.24) is 0 Å². The second-order valence-electron chi connectivity index (χ2n) is 11.7. The molecule has 2 bridgehead atoms. The number of hydrogen-bond acceptors (Lipinski definition) is 13. The zero-order chi connectivity index (χ0) is 29.9. The van der Waals surface area contributed by atoms with Gasteiger partial charge in [-0.1, -0.05) is 0 Å². The van der Waals surface area contributed by atoms with Crippen LogP contribution in [0.5, 0.6) is 0 Å². The SMILES string of the molecule is COC(=O)CC1C(C(C)=O)CC2OC(=O)C(OC(=O)/C=C(\C)C(C)(C)O)C3C24CO[C@]3(C(=O)OC)[C@H](O)[C@@H](O)C14. The van der Waals surface area contributed by atoms with E-state index in [1.165, 1.54) is 34.8 Å². The number of ketones is 1. The van der Waals surface area contributed by atoms with Gasteiger partial charge in [-0.2, -0.15) is 0 Å². The normalized spacial score (nSPS) is 40.4. The smallest absolute Gasteiger partial charge is 0.348 e. The van der Waals surface area contributed by atoms with E-state index in [1.54, 1.807) is 0 Å². The van der Waals surface area contributed by atoms with Crippen molar-refractivity contribution in [2.24, 2.45) is 29.1 Å². The highest BCUT2D eigenvalue weighted by Gasteiger charge is 2.83. The molecule has 0 aromatic rings. The van der Waals surface area contributed by atoms with Crippen LogP contribution in [0.4, 0.5) is 0 Å². The molecule has 13 nitrogen and oxygen atoms in total. The average Bonchev–Trinajstić information content (AvgIpc) is 3.19. The standard InChI is InChI=1S/C27H36O13/c1-11(25(3,4)35)7-17(30)40-20-21-26-10-38-27(21,24(34)37-6)22(32)19(31)18(26)14(9-16(29)36-5)13(12(2)28)8-15(26)39-23(20)33/h7,13-15,18-22,31-32,35H,8-10H2,1-6H3/b11-7+/t13?,14?,15?,18?,19-,20?,21?,22+,26?,27-/m0/s1. The Morgan fingerprint density at radius 3 is 2.33 bits per heavy atom. The van der Waals surface area contributed by atoms with Gasteiger partial charge in [-0.3, -0.25) is 9.59 Å². The average molecular weight is 569 g/mol. The summed E-state index contributed by atoms with van der Waals surface area (Å²) in [6.07, 6.45) is -5.97. The van der Waals surface area contributed by atoms with Crippen molar-refractivity contribution in [3.8, 4) is 0 Å². The molecule has 2 saturated carbocycles. The second-order valence-corrected chi connectivity index (χ2v) is 11.7. The van der Waals surface area contributed by atoms with Gasteiger partial charge in [0.1, 0.15) is 18.0 Å². The first-order valence-corrected chi connectivity index (χ1v) is 13.1. The largest absolute Gasteiger partial charge is 0.469 e. The quantitative estimate of drug-likeness (QED) is 0.197. The van der Waals surface area contributed by atoms with Crippen molar-refractivity contribution in [3.05, 3.63) is 11.6 Å². The molecule has 2 saturated heterocycles. The van der Waals surface area contributed by atoms with Gasteiger partial charge in [0.25, 0.3) is 0 Å². The lowest BCUT2D eigenvalue weighted by atomic mass is 9.43. The highest BCUT2D eigenvalue weighted by molar-refractivity contribution is 5.90. The van der Waals surface area contributed by atoms with E-state index in [0.717, 1.165) is 13.2 Å². The van der Waals surface area contributed by atoms with E-state index in [2.05, 4.69) is 0 Å². The van der Waals surface area contributed by atoms with Crippen LogP contribution in [0.15, 0.2) is 11.6 Å². The Labute approximate surface area is 230 Å². The lowest BCUT2D eigenvalue weighted by Crippen LogP contribution is -2.77. The summed E-state index contributed by atoms with van der Waals surface area (Å²) in [5.41, 5.74) is -4.95. The molecule has 0 amide bonds. The summed E-state index contributed by atoms with van der Waals surface area (Å²) in [7, 11) is 2.21. The third kappa shape index (κ3) is 4.25. The van der Waals surface area contributed by atoms with Gasteiger partial charge in [0.05, 0.1) is 38.4 Å². The Balaban J connectivity index is 1.90. The maximum absolute atomic E-state index is 13.4. The Kier molecular flexibility index (Phi) is 7.67. The van der Waals surface area contributed by atoms with Crippen LogP contribution in [0, 0.1) is 29.1 Å². The number of aliphatic hydroxyl groups is 3. The van der Waals surface area contributed by atoms with E-state index in [-0.39, 0.29) is 30.8 Å². The van der Waals surface area contributed by atoms with Gasteiger partial charge >= 0.3 is 23.9 Å². The lowest BCUT2D eigenvalue weighted by Gasteiger charge is -2.63. The van der Waals surface area contributed by atoms with Crippen LogP contribution in [-0.4, -0.2) is 101 Å². The molecule has 7 unspecified atom stereocenters. The van der Waals surface area contributed by atoms with Crippen LogP contribution in [-0.2, 0) is 47.7 Å². The van der Waals surface area contributed by atoms with Gasteiger partial charge < -0.3 is 39.0 Å². The van der Waals surface area contributed by atoms with Crippen LogP contribution in [0.3, 0.4) is 0 Å². The van der Waals surface area contributed by atoms with Gasteiger partial charge in [-0.15, -0.1) is 0 Å². The van der Waals surface area contributed by atoms with E-state index in [4.69, 9.17) is 23.7 Å². The molecule has 222 valence electrons. The van der Waals surface area contributed by atoms with Crippen LogP contribution < -0.4 is 0 Å². The monoisotopic (exact) mass is 568 g/mol. The van der Waals surface area contributed by atoms with Crippen LogP contribution in [0.1, 0.15) is 40.5 Å². The molecule has 3 N–H and O–H groups in total. The molecule has 2 heterocycles. The summed E-state index contributed by atoms with van der Waals surface area (Å²) in [6, 6.07) is 0. The van der Waals surface area contributed by atoms with Crippen molar-refractivity contribution in [2.45, 2.75) is 76.2 Å². The summed E-state index contributed by atoms with van der Waals surface area (Å²) in [6.45, 7) is 5.35. The molecule has 0 aromatic heterocycles. The minimum absolute atomic E-state index is 0.0580.